The summed E-state index contributed by atoms with van der Waals surface area (Å²) in [7, 11) is 0. The summed E-state index contributed by atoms with van der Waals surface area (Å²) in [5.41, 5.74) is -2.00. The Labute approximate surface area is 256 Å². The zero-order valence-electron chi connectivity index (χ0n) is 24.4. The Morgan fingerprint density at radius 1 is 0.800 bits per heavy atom. The molecular formula is C33H32F7N3O2. The van der Waals surface area contributed by atoms with Crippen LogP contribution < -0.4 is 15.1 Å². The lowest BCUT2D eigenvalue weighted by molar-refractivity contribution is -0.143. The lowest BCUT2D eigenvalue weighted by atomic mass is 9.76. The van der Waals surface area contributed by atoms with Crippen molar-refractivity contribution in [2.45, 2.75) is 62.8 Å². The van der Waals surface area contributed by atoms with Crippen LogP contribution in [0, 0.1) is 5.82 Å². The largest absolute Gasteiger partial charge is 0.416 e. The summed E-state index contributed by atoms with van der Waals surface area (Å²) in [4.78, 5) is 29.9. The third kappa shape index (κ3) is 7.10. The van der Waals surface area contributed by atoms with Crippen molar-refractivity contribution in [3.05, 3.63) is 94.8 Å². The molecule has 1 N–H and O–H groups in total. The maximum Gasteiger partial charge on any atom is 0.416 e. The molecule has 2 amide bonds. The van der Waals surface area contributed by atoms with Gasteiger partial charge in [0.25, 0.3) is 0 Å². The van der Waals surface area contributed by atoms with E-state index in [4.69, 9.17) is 0 Å². The van der Waals surface area contributed by atoms with Gasteiger partial charge in [-0.25, -0.2) is 4.39 Å². The predicted molar refractivity (Wildman–Crippen MR) is 155 cm³/mol. The van der Waals surface area contributed by atoms with Gasteiger partial charge in [0.05, 0.1) is 29.1 Å². The first-order valence-corrected chi connectivity index (χ1v) is 14.7. The second kappa shape index (κ2) is 12.4. The number of nitrogens with zero attached hydrogens (tertiary/aromatic N) is 2. The number of amides is 2. The minimum absolute atomic E-state index is 0.0501. The summed E-state index contributed by atoms with van der Waals surface area (Å²) in [6.45, 7) is 2.33. The van der Waals surface area contributed by atoms with Crippen molar-refractivity contribution in [2.75, 3.05) is 29.4 Å². The maximum absolute atomic E-state index is 13.5. The fourth-order valence-corrected chi connectivity index (χ4v) is 6.14. The van der Waals surface area contributed by atoms with Crippen molar-refractivity contribution < 1.29 is 40.3 Å². The molecule has 3 aromatic carbocycles. The molecule has 3 aromatic rings. The zero-order chi connectivity index (χ0) is 32.6. The number of anilines is 2. The van der Waals surface area contributed by atoms with Crippen molar-refractivity contribution >= 4 is 23.2 Å². The van der Waals surface area contributed by atoms with Gasteiger partial charge in [0.15, 0.2) is 0 Å². The van der Waals surface area contributed by atoms with E-state index in [1.807, 2.05) is 29.2 Å². The van der Waals surface area contributed by atoms with Crippen LogP contribution in [0.5, 0.6) is 0 Å². The third-order valence-electron chi connectivity index (χ3n) is 8.72. The molecule has 240 valence electrons. The number of benzene rings is 3. The summed E-state index contributed by atoms with van der Waals surface area (Å²) in [5, 5.41) is 2.99. The molecule has 1 heterocycles. The van der Waals surface area contributed by atoms with E-state index in [9.17, 15) is 40.3 Å². The van der Waals surface area contributed by atoms with Crippen molar-refractivity contribution in [1.29, 1.82) is 0 Å². The van der Waals surface area contributed by atoms with Gasteiger partial charge >= 0.3 is 12.4 Å². The summed E-state index contributed by atoms with van der Waals surface area (Å²) in [6, 6.07) is 14.3. The van der Waals surface area contributed by atoms with Crippen molar-refractivity contribution in [1.82, 2.24) is 5.32 Å². The number of halogens is 7. The van der Waals surface area contributed by atoms with Gasteiger partial charge in [0, 0.05) is 24.5 Å². The van der Waals surface area contributed by atoms with Crippen LogP contribution in [0.15, 0.2) is 66.7 Å². The number of hydrogen-bond acceptors (Lipinski definition) is 3. The summed E-state index contributed by atoms with van der Waals surface area (Å²) >= 11 is 0. The van der Waals surface area contributed by atoms with Crippen LogP contribution in [0.2, 0.25) is 0 Å². The quantitative estimate of drug-likeness (QED) is 0.282. The Morgan fingerprint density at radius 2 is 1.36 bits per heavy atom. The molecule has 0 radical (unpaired) electrons. The fourth-order valence-electron chi connectivity index (χ4n) is 6.14. The number of carbonyl (C=O) groups excluding carboxylic acids is 2. The van der Waals surface area contributed by atoms with E-state index >= 15 is 0 Å². The van der Waals surface area contributed by atoms with Gasteiger partial charge < -0.3 is 15.1 Å². The molecule has 1 saturated heterocycles. The molecule has 12 heteroatoms. The summed E-state index contributed by atoms with van der Waals surface area (Å²) in [5.74, 6) is -2.49. The monoisotopic (exact) mass is 635 g/mol. The fraction of sp³-hybridized carbons (Fsp3) is 0.394. The Morgan fingerprint density at radius 3 is 1.89 bits per heavy atom. The number of carbonyl (C=O) groups is 2. The molecule has 1 atom stereocenters. The van der Waals surface area contributed by atoms with Gasteiger partial charge in [-0.2, -0.15) is 26.3 Å². The van der Waals surface area contributed by atoms with Crippen LogP contribution in [0.25, 0.3) is 0 Å². The van der Waals surface area contributed by atoms with Crippen LogP contribution >= 0.6 is 0 Å². The normalized spacial score (nSPS) is 18.1. The highest BCUT2D eigenvalue weighted by Gasteiger charge is 2.40. The number of rotatable bonds is 6. The molecule has 1 aliphatic heterocycles. The smallest absolute Gasteiger partial charge is 0.360 e. The Bertz CT molecular complexity index is 1500. The minimum Gasteiger partial charge on any atom is -0.360 e. The van der Waals surface area contributed by atoms with Gasteiger partial charge in [-0.15, -0.1) is 0 Å². The molecule has 1 aliphatic carbocycles. The number of piperazine rings is 1. The first kappa shape index (κ1) is 32.3. The average Bonchev–Trinajstić information content (AvgIpc) is 3.00. The van der Waals surface area contributed by atoms with Crippen LogP contribution in [0.1, 0.15) is 67.2 Å². The van der Waals surface area contributed by atoms with Gasteiger partial charge in [-0.1, -0.05) is 31.4 Å². The molecular weight excluding hydrogens is 603 g/mol. The lowest BCUT2D eigenvalue weighted by Gasteiger charge is -2.40. The highest BCUT2D eigenvalue weighted by molar-refractivity contribution is 5.97. The van der Waals surface area contributed by atoms with Crippen LogP contribution in [0.4, 0.5) is 42.1 Å². The van der Waals surface area contributed by atoms with Crippen molar-refractivity contribution in [3.63, 3.8) is 0 Å². The van der Waals surface area contributed by atoms with E-state index < -0.39 is 46.7 Å². The Balaban J connectivity index is 1.34. The van der Waals surface area contributed by atoms with Crippen molar-refractivity contribution in [3.8, 4) is 0 Å². The first-order chi connectivity index (χ1) is 21.2. The zero-order valence-corrected chi connectivity index (χ0v) is 24.4. The summed E-state index contributed by atoms with van der Waals surface area (Å²) < 4.78 is 94.0. The molecule has 0 spiro atoms. The van der Waals surface area contributed by atoms with Crippen LogP contribution in [0.3, 0.4) is 0 Å². The van der Waals surface area contributed by atoms with E-state index in [0.717, 1.165) is 30.5 Å². The van der Waals surface area contributed by atoms with Gasteiger partial charge in [0.2, 0.25) is 11.8 Å². The Kier molecular flexibility index (Phi) is 8.88. The maximum atomic E-state index is 13.5. The Hall–Kier alpha value is -4.09. The molecule has 0 bridgehead atoms. The van der Waals surface area contributed by atoms with Crippen molar-refractivity contribution in [2.24, 2.45) is 0 Å². The topological polar surface area (TPSA) is 52.7 Å². The van der Waals surface area contributed by atoms with E-state index in [1.165, 1.54) is 19.1 Å². The van der Waals surface area contributed by atoms with Gasteiger partial charge in [-0.3, -0.25) is 9.59 Å². The molecule has 5 rings (SSSR count). The standard InChI is InChI=1S/C33H32F7N3O2/c1-21(22-17-24(32(35,36)37)19-25(18-22)33(38,39)40)30(45)41-31(13-3-2-4-14-31)23-5-9-27(10-6-23)42-15-16-43(29(44)20-42)28-11-7-26(34)8-12-28/h5-12,17-19,21H,2-4,13-16,20H2,1H3,(H,41,45)/t21-/m1/s1. The van der Waals surface area contributed by atoms with Gasteiger partial charge in [0.1, 0.15) is 5.82 Å². The number of nitrogens with one attached hydrogen (secondary N) is 1. The third-order valence-corrected chi connectivity index (χ3v) is 8.72. The molecule has 5 nitrogen and oxygen atoms in total. The first-order valence-electron chi connectivity index (χ1n) is 14.7. The van der Waals surface area contributed by atoms with E-state index in [0.29, 0.717) is 43.8 Å². The van der Waals surface area contributed by atoms with E-state index in [1.54, 1.807) is 17.0 Å². The lowest BCUT2D eigenvalue weighted by Crippen LogP contribution is -2.50. The predicted octanol–water partition coefficient (Wildman–Crippen LogP) is 7.80. The SMILES string of the molecule is C[C@@H](C(=O)NC1(c2ccc(N3CCN(c4ccc(F)cc4)C(=O)C3)cc2)CCCCC1)c1cc(C(F)(F)F)cc(C(F)(F)F)c1. The highest BCUT2D eigenvalue weighted by atomic mass is 19.4. The minimum atomic E-state index is -5.02. The molecule has 2 fully saturated rings. The second-order valence-corrected chi connectivity index (χ2v) is 11.7. The van der Waals surface area contributed by atoms with Gasteiger partial charge in [-0.05, 0) is 85.5 Å². The molecule has 45 heavy (non-hydrogen) atoms. The summed E-state index contributed by atoms with van der Waals surface area (Å²) in [6.07, 6.45) is -6.45. The number of hydrogen-bond donors (Lipinski definition) is 1. The van der Waals surface area contributed by atoms with E-state index in [-0.39, 0.29) is 24.1 Å². The molecule has 1 saturated carbocycles. The number of alkyl halides is 6. The molecule has 2 aliphatic rings. The van der Waals surface area contributed by atoms with E-state index in [2.05, 4.69) is 5.32 Å². The average molecular weight is 636 g/mol. The molecule has 0 aromatic heterocycles. The van der Waals surface area contributed by atoms with Crippen LogP contribution in [-0.4, -0.2) is 31.4 Å². The molecule has 0 unspecified atom stereocenters. The highest BCUT2D eigenvalue weighted by Crippen LogP contribution is 2.40. The van der Waals surface area contributed by atoms with Crippen LogP contribution in [-0.2, 0) is 27.5 Å². The second-order valence-electron chi connectivity index (χ2n) is 11.7.